The molecule has 0 bridgehead atoms. The third-order valence-electron chi connectivity index (χ3n) is 3.40. The molecule has 0 aromatic rings. The highest BCUT2D eigenvalue weighted by atomic mass is 16.4. The van der Waals surface area contributed by atoms with Crippen molar-refractivity contribution in [2.24, 2.45) is 0 Å². The first kappa shape index (κ1) is 18.1. The summed E-state index contributed by atoms with van der Waals surface area (Å²) in [6.07, 6.45) is 13.6. The second-order valence-corrected chi connectivity index (χ2v) is 5.37. The van der Waals surface area contributed by atoms with Crippen molar-refractivity contribution in [1.82, 2.24) is 0 Å². The van der Waals surface area contributed by atoms with Crippen molar-refractivity contribution in [3.63, 3.8) is 0 Å². The Labute approximate surface area is 117 Å². The average molecular weight is 269 g/mol. The van der Waals surface area contributed by atoms with Gasteiger partial charge in [-0.2, -0.15) is 0 Å². The number of Topliss-reactive ketones (excluding diaryl/α,β-unsaturated/α-hetero) is 1. The zero-order valence-corrected chi connectivity index (χ0v) is 12.4. The van der Waals surface area contributed by atoms with Crippen molar-refractivity contribution in [3.05, 3.63) is 0 Å². The normalized spacial score (nSPS) is 10.6. The van der Waals surface area contributed by atoms with Gasteiger partial charge >= 0.3 is 0 Å². The molecule has 0 aromatic carbocycles. The van der Waals surface area contributed by atoms with E-state index in [0.717, 1.165) is 19.3 Å². The second-order valence-electron chi connectivity index (χ2n) is 5.37. The number of carbonyl (C=O) groups excluding carboxylic acids is 2. The van der Waals surface area contributed by atoms with Gasteiger partial charge in [0, 0.05) is 18.8 Å². The predicted octanol–water partition coefficient (Wildman–Crippen LogP) is 3.40. The lowest BCUT2D eigenvalue weighted by Crippen LogP contribution is -2.25. The highest BCUT2D eigenvalue weighted by Crippen LogP contribution is 2.12. The van der Waals surface area contributed by atoms with E-state index in [1.165, 1.54) is 51.4 Å². The first-order valence-electron chi connectivity index (χ1n) is 7.88. The molecule has 0 aromatic heterocycles. The van der Waals surface area contributed by atoms with Crippen LogP contribution in [0.3, 0.4) is 0 Å². The summed E-state index contributed by atoms with van der Waals surface area (Å²) < 4.78 is 0. The summed E-state index contributed by atoms with van der Waals surface area (Å²) in [5.41, 5.74) is 0. The van der Waals surface area contributed by atoms with Crippen LogP contribution in [0.4, 0.5) is 0 Å². The van der Waals surface area contributed by atoms with Crippen LogP contribution in [0, 0.1) is 0 Å². The summed E-state index contributed by atoms with van der Waals surface area (Å²) in [7, 11) is 0. The molecule has 0 unspecified atom stereocenters. The monoisotopic (exact) mass is 269 g/mol. The highest BCUT2D eigenvalue weighted by molar-refractivity contribution is 5.93. The van der Waals surface area contributed by atoms with Gasteiger partial charge < -0.3 is 9.90 Å². The number of carboxylic acid groups (broad SMARTS) is 1. The third-order valence-corrected chi connectivity index (χ3v) is 3.40. The number of ketones is 1. The van der Waals surface area contributed by atoms with Gasteiger partial charge in [-0.05, 0) is 6.42 Å². The van der Waals surface area contributed by atoms with E-state index < -0.39 is 12.4 Å². The van der Waals surface area contributed by atoms with E-state index in [1.54, 1.807) is 0 Å². The maximum Gasteiger partial charge on any atom is 0.138 e. The summed E-state index contributed by atoms with van der Waals surface area (Å²) in [4.78, 5) is 21.3. The molecule has 0 atom stereocenters. The average Bonchev–Trinajstić information content (AvgIpc) is 2.35. The fourth-order valence-electron chi connectivity index (χ4n) is 2.24. The molecule has 0 heterocycles. The Balaban J connectivity index is 3.10. The van der Waals surface area contributed by atoms with Crippen molar-refractivity contribution in [2.45, 2.75) is 90.4 Å². The predicted molar refractivity (Wildman–Crippen MR) is 75.7 cm³/mol. The zero-order valence-electron chi connectivity index (χ0n) is 12.4. The number of hydrogen-bond acceptors (Lipinski definition) is 3. The Morgan fingerprint density at radius 3 is 1.58 bits per heavy atom. The molecule has 3 heteroatoms. The Morgan fingerprint density at radius 2 is 1.16 bits per heavy atom. The minimum atomic E-state index is -1.26. The minimum Gasteiger partial charge on any atom is -0.550 e. The third kappa shape index (κ3) is 15.1. The van der Waals surface area contributed by atoms with E-state index in [0.29, 0.717) is 6.42 Å². The molecule has 0 spiro atoms. The van der Waals surface area contributed by atoms with Crippen LogP contribution in [0.1, 0.15) is 90.4 Å². The lowest BCUT2D eigenvalue weighted by Gasteiger charge is -2.03. The summed E-state index contributed by atoms with van der Waals surface area (Å²) in [6.45, 7) is 2.23. The van der Waals surface area contributed by atoms with Gasteiger partial charge in [0.1, 0.15) is 5.78 Å². The number of aliphatic carboxylic acids is 1. The summed E-state index contributed by atoms with van der Waals surface area (Å²) in [5.74, 6) is -1.45. The molecule has 0 aliphatic heterocycles. The molecule has 0 aliphatic rings. The van der Waals surface area contributed by atoms with Gasteiger partial charge in [0.2, 0.25) is 0 Å². The Kier molecular flexibility index (Phi) is 13.0. The fraction of sp³-hybridized carbons (Fsp3) is 0.875. The minimum absolute atomic E-state index is 0.198. The quantitative estimate of drug-likeness (QED) is 0.359. The molecule has 0 fully saturated rings. The van der Waals surface area contributed by atoms with Crippen LogP contribution in [-0.2, 0) is 9.59 Å². The van der Waals surface area contributed by atoms with Gasteiger partial charge in [-0.15, -0.1) is 0 Å². The molecule has 0 saturated carbocycles. The molecule has 112 valence electrons. The number of carbonyl (C=O) groups is 2. The molecule has 0 amide bonds. The van der Waals surface area contributed by atoms with Crippen LogP contribution in [-0.4, -0.2) is 11.8 Å². The van der Waals surface area contributed by atoms with Crippen molar-refractivity contribution in [1.29, 1.82) is 0 Å². The van der Waals surface area contributed by atoms with Crippen LogP contribution in [0.15, 0.2) is 0 Å². The number of hydrogen-bond donors (Lipinski definition) is 0. The number of carboxylic acids is 1. The molecule has 3 nitrogen and oxygen atoms in total. The zero-order chi connectivity index (χ0) is 14.3. The standard InChI is InChI=1S/C16H30O3/c1-2-3-4-5-6-7-8-9-10-11-12-13-15(17)14-16(18)19/h2-14H2,1H3,(H,18,19)/p-1. The van der Waals surface area contributed by atoms with Crippen molar-refractivity contribution in [2.75, 3.05) is 0 Å². The Hall–Kier alpha value is -0.860. The van der Waals surface area contributed by atoms with E-state index in [1.807, 2.05) is 0 Å². The molecular formula is C16H29O3-. The van der Waals surface area contributed by atoms with Crippen LogP contribution < -0.4 is 5.11 Å². The summed E-state index contributed by atoms with van der Waals surface area (Å²) in [5, 5.41) is 10.2. The van der Waals surface area contributed by atoms with Crippen molar-refractivity contribution < 1.29 is 14.7 Å². The topological polar surface area (TPSA) is 57.2 Å². The second kappa shape index (κ2) is 13.6. The largest absolute Gasteiger partial charge is 0.550 e. The van der Waals surface area contributed by atoms with E-state index in [-0.39, 0.29) is 5.78 Å². The van der Waals surface area contributed by atoms with Crippen LogP contribution >= 0.6 is 0 Å². The SMILES string of the molecule is CCCCCCCCCCCCCC(=O)CC(=O)[O-]. The first-order chi connectivity index (χ1) is 9.16. The van der Waals surface area contributed by atoms with Crippen LogP contribution in [0.2, 0.25) is 0 Å². The molecule has 0 N–H and O–H groups in total. The van der Waals surface area contributed by atoms with Gasteiger partial charge in [-0.25, -0.2) is 0 Å². The maximum absolute atomic E-state index is 11.1. The molecule has 0 radical (unpaired) electrons. The van der Waals surface area contributed by atoms with Gasteiger partial charge in [0.25, 0.3) is 0 Å². The number of rotatable bonds is 14. The van der Waals surface area contributed by atoms with Gasteiger partial charge in [-0.3, -0.25) is 4.79 Å². The van der Waals surface area contributed by atoms with Crippen molar-refractivity contribution >= 4 is 11.8 Å². The molecule has 0 saturated heterocycles. The fourth-order valence-corrected chi connectivity index (χ4v) is 2.24. The molecule has 19 heavy (non-hydrogen) atoms. The van der Waals surface area contributed by atoms with E-state index in [2.05, 4.69) is 6.92 Å². The van der Waals surface area contributed by atoms with Gasteiger partial charge in [0.05, 0.1) is 0 Å². The smallest absolute Gasteiger partial charge is 0.138 e. The number of unbranched alkanes of at least 4 members (excludes halogenated alkanes) is 10. The van der Waals surface area contributed by atoms with Crippen LogP contribution in [0.5, 0.6) is 0 Å². The van der Waals surface area contributed by atoms with E-state index in [9.17, 15) is 14.7 Å². The summed E-state index contributed by atoms with van der Waals surface area (Å²) >= 11 is 0. The molecular weight excluding hydrogens is 240 g/mol. The van der Waals surface area contributed by atoms with Crippen LogP contribution in [0.25, 0.3) is 0 Å². The molecule has 0 aliphatic carbocycles. The Morgan fingerprint density at radius 1 is 0.737 bits per heavy atom. The Bertz CT molecular complexity index is 236. The lowest BCUT2D eigenvalue weighted by molar-refractivity contribution is -0.304. The van der Waals surface area contributed by atoms with Crippen molar-refractivity contribution in [3.8, 4) is 0 Å². The molecule has 0 rings (SSSR count). The highest BCUT2D eigenvalue weighted by Gasteiger charge is 2.01. The van der Waals surface area contributed by atoms with E-state index in [4.69, 9.17) is 0 Å². The van der Waals surface area contributed by atoms with E-state index >= 15 is 0 Å². The first-order valence-corrected chi connectivity index (χ1v) is 7.88. The maximum atomic E-state index is 11.1. The lowest BCUT2D eigenvalue weighted by atomic mass is 10.0. The van der Waals surface area contributed by atoms with Gasteiger partial charge in [-0.1, -0.05) is 71.1 Å². The van der Waals surface area contributed by atoms with Gasteiger partial charge in [0.15, 0.2) is 0 Å². The summed E-state index contributed by atoms with van der Waals surface area (Å²) in [6, 6.07) is 0.